The fourth-order valence-electron chi connectivity index (χ4n) is 6.74. The van der Waals surface area contributed by atoms with E-state index in [0.717, 1.165) is 55.5 Å². The largest absolute Gasteiger partial charge is 0.292 e. The van der Waals surface area contributed by atoms with E-state index in [9.17, 15) is 0 Å². The molecule has 0 aliphatic heterocycles. The van der Waals surface area contributed by atoms with Crippen LogP contribution < -0.4 is 0 Å². The zero-order valence-corrected chi connectivity index (χ0v) is 25.5. The van der Waals surface area contributed by atoms with Gasteiger partial charge in [-0.25, -0.2) is 9.97 Å². The summed E-state index contributed by atoms with van der Waals surface area (Å²) in [5.41, 5.74) is 10.4. The average molecular weight is 608 g/mol. The van der Waals surface area contributed by atoms with Gasteiger partial charge in [-0.3, -0.25) is 4.57 Å². The van der Waals surface area contributed by atoms with Gasteiger partial charge in [0.25, 0.3) is 0 Å². The molecule has 4 heteroatoms. The molecule has 216 valence electrons. The quantitative estimate of drug-likeness (QED) is 0.199. The van der Waals surface area contributed by atoms with Crippen LogP contribution in [0.2, 0.25) is 5.02 Å². The molecule has 0 aliphatic carbocycles. The number of halogens is 1. The summed E-state index contributed by atoms with van der Waals surface area (Å²) >= 11 is 6.61. The highest BCUT2D eigenvalue weighted by molar-refractivity contribution is 6.32. The Kier molecular flexibility index (Phi) is 6.19. The van der Waals surface area contributed by atoms with Gasteiger partial charge in [-0.15, -0.1) is 0 Å². The van der Waals surface area contributed by atoms with Crippen molar-refractivity contribution in [3.05, 3.63) is 163 Å². The Labute approximate surface area is 271 Å². The summed E-state index contributed by atoms with van der Waals surface area (Å²) in [5, 5.41) is 5.32. The number of hydrogen-bond acceptors (Lipinski definition) is 2. The van der Waals surface area contributed by atoms with E-state index in [-0.39, 0.29) is 0 Å². The second kappa shape index (κ2) is 10.7. The van der Waals surface area contributed by atoms with Crippen LogP contribution in [0.5, 0.6) is 0 Å². The minimum Gasteiger partial charge on any atom is -0.292 e. The third-order valence-electron chi connectivity index (χ3n) is 8.86. The van der Waals surface area contributed by atoms with E-state index < -0.39 is 0 Å². The van der Waals surface area contributed by atoms with Crippen molar-refractivity contribution < 1.29 is 0 Å². The number of benzene rings is 7. The predicted octanol–water partition coefficient (Wildman–Crippen LogP) is 11.5. The Morgan fingerprint density at radius 3 is 1.85 bits per heavy atom. The van der Waals surface area contributed by atoms with Gasteiger partial charge in [-0.1, -0.05) is 133 Å². The summed E-state index contributed by atoms with van der Waals surface area (Å²) < 4.78 is 2.25. The van der Waals surface area contributed by atoms with Crippen molar-refractivity contribution >= 4 is 55.2 Å². The number of fused-ring (bicyclic) bond motifs is 6. The molecule has 0 radical (unpaired) electrons. The third-order valence-corrected chi connectivity index (χ3v) is 9.10. The average Bonchev–Trinajstić information content (AvgIpc) is 3.45. The lowest BCUT2D eigenvalue weighted by atomic mass is 9.94. The molecule has 0 fully saturated rings. The van der Waals surface area contributed by atoms with E-state index in [1.807, 2.05) is 30.3 Å². The van der Waals surface area contributed by atoms with Gasteiger partial charge in [-0.05, 0) is 69.4 Å². The Hall–Kier alpha value is -5.77. The van der Waals surface area contributed by atoms with Crippen LogP contribution >= 0.6 is 11.6 Å². The number of hydrogen-bond donors (Lipinski definition) is 0. The lowest BCUT2D eigenvalue weighted by molar-refractivity contribution is 1.08. The molecule has 0 bridgehead atoms. The van der Waals surface area contributed by atoms with Gasteiger partial charge in [0.05, 0.1) is 22.1 Å². The summed E-state index contributed by atoms with van der Waals surface area (Å²) in [5.74, 6) is 0.786. The molecule has 0 amide bonds. The van der Waals surface area contributed by atoms with Crippen LogP contribution in [0.25, 0.3) is 82.9 Å². The van der Waals surface area contributed by atoms with E-state index >= 15 is 0 Å². The first-order valence-electron chi connectivity index (χ1n) is 15.4. The van der Waals surface area contributed by atoms with Gasteiger partial charge in [0.15, 0.2) is 5.82 Å². The second-order valence-electron chi connectivity index (χ2n) is 11.6. The van der Waals surface area contributed by atoms with Crippen LogP contribution in [-0.4, -0.2) is 14.5 Å². The number of para-hydroxylation sites is 2. The van der Waals surface area contributed by atoms with Crippen LogP contribution in [0.1, 0.15) is 0 Å². The first kappa shape index (κ1) is 26.6. The maximum atomic E-state index is 6.61. The minimum absolute atomic E-state index is 0.704. The molecule has 9 aromatic rings. The van der Waals surface area contributed by atoms with Crippen molar-refractivity contribution in [1.29, 1.82) is 0 Å². The molecule has 2 heterocycles. The molecule has 0 unspecified atom stereocenters. The number of rotatable bonds is 4. The van der Waals surface area contributed by atoms with Gasteiger partial charge in [0.1, 0.15) is 5.69 Å². The Morgan fingerprint density at radius 1 is 0.457 bits per heavy atom. The van der Waals surface area contributed by atoms with Crippen LogP contribution in [0.15, 0.2) is 158 Å². The molecule has 0 N–H and O–H groups in total. The predicted molar refractivity (Wildman–Crippen MR) is 193 cm³/mol. The van der Waals surface area contributed by atoms with Gasteiger partial charge >= 0.3 is 0 Å². The molecule has 0 saturated heterocycles. The summed E-state index contributed by atoms with van der Waals surface area (Å²) in [6, 6.07) is 54.9. The van der Waals surface area contributed by atoms with Crippen molar-refractivity contribution in [3.63, 3.8) is 0 Å². The fraction of sp³-hybridized carbons (Fsp3) is 0. The lowest BCUT2D eigenvalue weighted by Crippen LogP contribution is -2.03. The van der Waals surface area contributed by atoms with Crippen LogP contribution in [0.4, 0.5) is 0 Å². The minimum atomic E-state index is 0.704. The third kappa shape index (κ3) is 4.28. The zero-order chi connectivity index (χ0) is 30.6. The summed E-state index contributed by atoms with van der Waals surface area (Å²) in [6.07, 6.45) is 0. The van der Waals surface area contributed by atoms with Crippen LogP contribution in [-0.2, 0) is 0 Å². The van der Waals surface area contributed by atoms with Crippen LogP contribution in [0.3, 0.4) is 0 Å². The molecule has 0 spiro atoms. The normalized spacial score (nSPS) is 11.6. The van der Waals surface area contributed by atoms with Gasteiger partial charge in [0.2, 0.25) is 0 Å². The van der Waals surface area contributed by atoms with E-state index in [1.165, 1.54) is 27.5 Å². The standard InChI is InChI=1S/C42H26ClN3/c43-31-23-25-38-35(26-31)40-34-15-5-4-12-28(34)22-24-39(40)46(38)42-41(44-36-16-8-9-17-37(36)45-42)30-20-18-29(19-21-30)33-14-7-6-13-32(33)27-10-2-1-3-11-27/h1-26H. The molecule has 0 atom stereocenters. The van der Waals surface area contributed by atoms with Gasteiger partial charge in [0, 0.05) is 21.4 Å². The molecule has 0 aliphatic rings. The van der Waals surface area contributed by atoms with Crippen molar-refractivity contribution in [1.82, 2.24) is 14.5 Å². The van der Waals surface area contributed by atoms with Crippen molar-refractivity contribution in [2.75, 3.05) is 0 Å². The summed E-state index contributed by atoms with van der Waals surface area (Å²) in [7, 11) is 0. The summed E-state index contributed by atoms with van der Waals surface area (Å²) in [6.45, 7) is 0. The molecule has 46 heavy (non-hydrogen) atoms. The lowest BCUT2D eigenvalue weighted by Gasteiger charge is -2.15. The van der Waals surface area contributed by atoms with Crippen molar-refractivity contribution in [2.24, 2.45) is 0 Å². The topological polar surface area (TPSA) is 30.7 Å². The summed E-state index contributed by atoms with van der Waals surface area (Å²) in [4.78, 5) is 10.6. The van der Waals surface area contributed by atoms with E-state index in [1.54, 1.807) is 0 Å². The highest BCUT2D eigenvalue weighted by Gasteiger charge is 2.21. The maximum absolute atomic E-state index is 6.61. The molecule has 9 rings (SSSR count). The van der Waals surface area contributed by atoms with Crippen molar-refractivity contribution in [3.8, 4) is 39.3 Å². The first-order chi connectivity index (χ1) is 22.7. The van der Waals surface area contributed by atoms with Gasteiger partial charge < -0.3 is 0 Å². The SMILES string of the molecule is Clc1ccc2c(c1)c1c3ccccc3ccc1n2-c1nc2ccccc2nc1-c1ccc(-c2ccccc2-c2ccccc2)cc1. The first-order valence-corrected chi connectivity index (χ1v) is 15.7. The van der Waals surface area contributed by atoms with E-state index in [0.29, 0.717) is 5.02 Å². The molecular formula is C42H26ClN3. The second-order valence-corrected chi connectivity index (χ2v) is 12.0. The molecule has 7 aromatic carbocycles. The molecule has 0 saturated carbocycles. The fourth-order valence-corrected chi connectivity index (χ4v) is 6.92. The highest BCUT2D eigenvalue weighted by Crippen LogP contribution is 2.40. The number of nitrogens with zero attached hydrogens (tertiary/aromatic N) is 3. The Bertz CT molecular complexity index is 2590. The number of aromatic nitrogens is 3. The molecule has 3 nitrogen and oxygen atoms in total. The van der Waals surface area contributed by atoms with Gasteiger partial charge in [-0.2, -0.15) is 0 Å². The van der Waals surface area contributed by atoms with Crippen LogP contribution in [0, 0.1) is 0 Å². The van der Waals surface area contributed by atoms with E-state index in [2.05, 4.69) is 132 Å². The molecular weight excluding hydrogens is 582 g/mol. The smallest absolute Gasteiger partial charge is 0.165 e. The highest BCUT2D eigenvalue weighted by atomic mass is 35.5. The maximum Gasteiger partial charge on any atom is 0.165 e. The van der Waals surface area contributed by atoms with Crippen molar-refractivity contribution in [2.45, 2.75) is 0 Å². The monoisotopic (exact) mass is 607 g/mol. The Morgan fingerprint density at radius 2 is 1.07 bits per heavy atom. The molecule has 2 aromatic heterocycles. The zero-order valence-electron chi connectivity index (χ0n) is 24.7. The Balaban J connectivity index is 1.29. The van der Waals surface area contributed by atoms with E-state index in [4.69, 9.17) is 21.6 Å².